The van der Waals surface area contributed by atoms with Crippen LogP contribution < -0.4 is 5.73 Å². The molecule has 0 fully saturated rings. The molecule has 1 aromatic carbocycles. The zero-order valence-electron chi connectivity index (χ0n) is 17.8. The molecule has 10 heteroatoms. The highest BCUT2D eigenvalue weighted by molar-refractivity contribution is 5.93. The van der Waals surface area contributed by atoms with Gasteiger partial charge in [0.25, 0.3) is 0 Å². The Morgan fingerprint density at radius 3 is 2.69 bits per heavy atom. The lowest BCUT2D eigenvalue weighted by atomic mass is 9.92. The number of fused-ring (bicyclic) bond motifs is 2. The number of nitrogens with zero attached hydrogens (tertiary/aromatic N) is 6. The average molecular weight is 431 g/mol. The summed E-state index contributed by atoms with van der Waals surface area (Å²) in [5.74, 6) is 0.601. The second-order valence-corrected chi connectivity index (χ2v) is 8.57. The van der Waals surface area contributed by atoms with Gasteiger partial charge in [-0.2, -0.15) is 4.98 Å². The lowest BCUT2D eigenvalue weighted by molar-refractivity contribution is 0.195. The van der Waals surface area contributed by atoms with Gasteiger partial charge in [0.1, 0.15) is 5.69 Å². The molecule has 5 rings (SSSR count). The Hall–Kier alpha value is -4.21. The van der Waals surface area contributed by atoms with Gasteiger partial charge in [-0.15, -0.1) is 5.10 Å². The number of carboxylic acid groups (broad SMARTS) is 1. The first-order valence-corrected chi connectivity index (χ1v) is 10.0. The molecule has 0 aliphatic carbocycles. The van der Waals surface area contributed by atoms with Crippen LogP contribution in [0.15, 0.2) is 47.1 Å². The molecule has 3 N–H and O–H groups in total. The van der Waals surface area contributed by atoms with Crippen molar-refractivity contribution in [3.63, 3.8) is 0 Å². The van der Waals surface area contributed by atoms with E-state index in [2.05, 4.69) is 20.3 Å². The first-order valence-electron chi connectivity index (χ1n) is 10.0. The summed E-state index contributed by atoms with van der Waals surface area (Å²) in [7, 11) is 0. The number of hydrogen-bond donors (Lipinski definition) is 2. The molecule has 0 spiro atoms. The number of carbonyl (C=O) groups is 1. The minimum atomic E-state index is -1.02. The predicted octanol–water partition coefficient (Wildman–Crippen LogP) is 3.89. The van der Waals surface area contributed by atoms with E-state index < -0.39 is 6.09 Å². The van der Waals surface area contributed by atoms with Crippen LogP contribution in [0, 0.1) is 0 Å². The lowest BCUT2D eigenvalue weighted by Gasteiger charge is -2.19. The van der Waals surface area contributed by atoms with E-state index in [9.17, 15) is 9.90 Å². The summed E-state index contributed by atoms with van der Waals surface area (Å²) in [6, 6.07) is 11.0. The number of benzene rings is 1. The SMILES string of the molecule is CC(C)(C)c1cc2c(Cn3nnc4c(-c5ccco5)nc(N)nc43)cccc2n1C(=O)O. The Morgan fingerprint density at radius 2 is 2.00 bits per heavy atom. The van der Waals surface area contributed by atoms with E-state index in [1.54, 1.807) is 29.1 Å². The third kappa shape index (κ3) is 3.08. The quantitative estimate of drug-likeness (QED) is 0.439. The number of rotatable bonds is 3. The molecular weight excluding hydrogens is 410 g/mol. The maximum Gasteiger partial charge on any atom is 0.416 e. The normalized spacial score (nSPS) is 12.1. The molecule has 0 atom stereocenters. The molecule has 0 aliphatic heterocycles. The van der Waals surface area contributed by atoms with E-state index in [0.29, 0.717) is 40.4 Å². The van der Waals surface area contributed by atoms with E-state index >= 15 is 0 Å². The first-order chi connectivity index (χ1) is 15.2. The van der Waals surface area contributed by atoms with Gasteiger partial charge in [-0.3, -0.25) is 0 Å². The highest BCUT2D eigenvalue weighted by Crippen LogP contribution is 2.32. The van der Waals surface area contributed by atoms with E-state index in [-0.39, 0.29) is 11.4 Å². The van der Waals surface area contributed by atoms with Gasteiger partial charge in [0.2, 0.25) is 5.95 Å². The highest BCUT2D eigenvalue weighted by Gasteiger charge is 2.25. The largest absolute Gasteiger partial charge is 0.464 e. The summed E-state index contributed by atoms with van der Waals surface area (Å²) in [5, 5.41) is 19.2. The third-order valence-electron chi connectivity index (χ3n) is 5.35. The monoisotopic (exact) mass is 431 g/mol. The van der Waals surface area contributed by atoms with Crippen LogP contribution in [0.4, 0.5) is 10.7 Å². The molecule has 0 bridgehead atoms. The van der Waals surface area contributed by atoms with Gasteiger partial charge in [-0.1, -0.05) is 38.1 Å². The molecule has 32 heavy (non-hydrogen) atoms. The molecule has 0 saturated carbocycles. The third-order valence-corrected chi connectivity index (χ3v) is 5.35. The molecule has 0 radical (unpaired) electrons. The highest BCUT2D eigenvalue weighted by atomic mass is 16.4. The molecule has 4 aromatic heterocycles. The van der Waals surface area contributed by atoms with Gasteiger partial charge in [0, 0.05) is 16.5 Å². The molecule has 162 valence electrons. The van der Waals surface area contributed by atoms with Crippen molar-refractivity contribution in [3.8, 4) is 11.5 Å². The molecule has 0 saturated heterocycles. The van der Waals surface area contributed by atoms with Crippen molar-refractivity contribution in [2.24, 2.45) is 0 Å². The fraction of sp³-hybridized carbons (Fsp3) is 0.227. The Balaban J connectivity index is 1.67. The van der Waals surface area contributed by atoms with E-state index in [0.717, 1.165) is 10.9 Å². The molecule has 5 aromatic rings. The Labute approximate surface area is 182 Å². The van der Waals surface area contributed by atoms with Crippen molar-refractivity contribution in [3.05, 3.63) is 53.9 Å². The minimum Gasteiger partial charge on any atom is -0.464 e. The van der Waals surface area contributed by atoms with Crippen molar-refractivity contribution in [2.45, 2.75) is 32.7 Å². The maximum atomic E-state index is 12.0. The number of aromatic nitrogens is 6. The van der Waals surface area contributed by atoms with Crippen LogP contribution in [-0.4, -0.2) is 40.7 Å². The van der Waals surface area contributed by atoms with Gasteiger partial charge in [0.15, 0.2) is 16.9 Å². The molecule has 10 nitrogen and oxygen atoms in total. The van der Waals surface area contributed by atoms with Gasteiger partial charge >= 0.3 is 6.09 Å². The summed E-state index contributed by atoms with van der Waals surface area (Å²) >= 11 is 0. The summed E-state index contributed by atoms with van der Waals surface area (Å²) in [4.78, 5) is 20.6. The zero-order chi connectivity index (χ0) is 22.6. The number of hydrogen-bond acceptors (Lipinski definition) is 7. The zero-order valence-corrected chi connectivity index (χ0v) is 17.8. The van der Waals surface area contributed by atoms with Crippen molar-refractivity contribution in [1.82, 2.24) is 29.5 Å². The molecule has 0 amide bonds. The van der Waals surface area contributed by atoms with Crippen molar-refractivity contribution in [2.75, 3.05) is 5.73 Å². The van der Waals surface area contributed by atoms with Crippen molar-refractivity contribution >= 4 is 34.1 Å². The van der Waals surface area contributed by atoms with E-state index in [1.165, 1.54) is 4.57 Å². The van der Waals surface area contributed by atoms with Gasteiger partial charge in [0.05, 0.1) is 18.3 Å². The topological polar surface area (TPSA) is 138 Å². The summed E-state index contributed by atoms with van der Waals surface area (Å²) < 4.78 is 8.43. The van der Waals surface area contributed by atoms with E-state index in [1.807, 2.05) is 39.0 Å². The number of furan rings is 1. The summed E-state index contributed by atoms with van der Waals surface area (Å²) in [5.41, 5.74) is 9.22. The standard InChI is InChI=1S/C22H21N7O3/c1-22(2,3)16-10-13-12(6-4-7-14(13)29(16)21(30)31)11-28-19-18(26-27-28)17(24-20(23)25-19)15-8-5-9-32-15/h4-10H,11H2,1-3H3,(H,30,31)(H2,23,24,25). The second-order valence-electron chi connectivity index (χ2n) is 8.57. The van der Waals surface area contributed by atoms with Crippen molar-refractivity contribution in [1.29, 1.82) is 0 Å². The number of nitrogens with two attached hydrogens (primary N) is 1. The van der Waals surface area contributed by atoms with Crippen LogP contribution in [-0.2, 0) is 12.0 Å². The summed E-state index contributed by atoms with van der Waals surface area (Å²) in [6.45, 7) is 6.29. The molecule has 0 aliphatic rings. The Morgan fingerprint density at radius 1 is 1.19 bits per heavy atom. The molecule has 0 unspecified atom stereocenters. The van der Waals surface area contributed by atoms with Gasteiger partial charge in [-0.25, -0.2) is 19.0 Å². The van der Waals surface area contributed by atoms with Crippen LogP contribution in [0.1, 0.15) is 32.0 Å². The van der Waals surface area contributed by atoms with Crippen LogP contribution in [0.5, 0.6) is 0 Å². The van der Waals surface area contributed by atoms with Crippen molar-refractivity contribution < 1.29 is 14.3 Å². The van der Waals surface area contributed by atoms with Gasteiger partial charge in [-0.05, 0) is 29.8 Å². The number of anilines is 1. The number of nitrogen functional groups attached to an aromatic ring is 1. The molecule has 4 heterocycles. The van der Waals surface area contributed by atoms with E-state index in [4.69, 9.17) is 10.2 Å². The predicted molar refractivity (Wildman–Crippen MR) is 118 cm³/mol. The Kier molecular flexibility index (Phi) is 4.26. The van der Waals surface area contributed by atoms with Crippen LogP contribution in [0.2, 0.25) is 0 Å². The van der Waals surface area contributed by atoms with Crippen LogP contribution in [0.25, 0.3) is 33.5 Å². The fourth-order valence-electron chi connectivity index (χ4n) is 3.91. The molecular formula is C22H21N7O3. The second kappa shape index (κ2) is 6.91. The maximum absolute atomic E-state index is 12.0. The van der Waals surface area contributed by atoms with Crippen LogP contribution >= 0.6 is 0 Å². The summed E-state index contributed by atoms with van der Waals surface area (Å²) in [6.07, 6.45) is 0.529. The smallest absolute Gasteiger partial charge is 0.416 e. The first kappa shape index (κ1) is 19.7. The van der Waals surface area contributed by atoms with Crippen LogP contribution in [0.3, 0.4) is 0 Å². The fourth-order valence-corrected chi connectivity index (χ4v) is 3.91. The average Bonchev–Trinajstić information content (AvgIpc) is 3.46. The minimum absolute atomic E-state index is 0.0812. The van der Waals surface area contributed by atoms with Gasteiger partial charge < -0.3 is 15.3 Å². The lowest BCUT2D eigenvalue weighted by Crippen LogP contribution is -2.21. The Bertz CT molecular complexity index is 1470.